The lowest BCUT2D eigenvalue weighted by molar-refractivity contribution is 0.0944. The average molecular weight is 1490 g/mol. The van der Waals surface area contributed by atoms with Gasteiger partial charge < -0.3 is 44.2 Å². The van der Waals surface area contributed by atoms with Crippen molar-refractivity contribution >= 4 is 95.7 Å². The summed E-state index contributed by atoms with van der Waals surface area (Å²) < 4.78 is 54.2. The molecule has 16 rings (SSSR count). The summed E-state index contributed by atoms with van der Waals surface area (Å²) >= 11 is 0. The van der Waals surface area contributed by atoms with Crippen LogP contribution in [-0.2, 0) is 19.6 Å². The van der Waals surface area contributed by atoms with Crippen LogP contribution < -0.4 is 44.2 Å². The summed E-state index contributed by atoms with van der Waals surface area (Å²) in [6, 6.07) is 63.6. The van der Waals surface area contributed by atoms with E-state index in [0.29, 0.717) is 114 Å². The molecule has 0 fully saturated rings. The molecule has 0 bridgehead atoms. The number of benzene rings is 8. The Morgan fingerprint density at radius 3 is 1.04 bits per heavy atom. The molecule has 0 aliphatic carbocycles. The predicted octanol–water partition coefficient (Wildman–Crippen LogP) is 16.4. The van der Waals surface area contributed by atoms with Gasteiger partial charge in [-0.3, -0.25) is 39.1 Å². The van der Waals surface area contributed by atoms with Crippen LogP contribution in [0.4, 0.5) is 46.5 Å². The standard InChI is InChI=1S/4C22H17FN4O/c1-13-20(6-3-9-25-13)27-22(28)19-12-26-21(24)18-11-15(7-8-17(18)19)14-4-2-5-16(23)10-14;23-17-5-1-4-15(9-17)16-6-7-18-19(10-16)21(24)26-13-20(18)22(28)27-12-14-3-2-8-25-11-14;23-16-5-3-4-14(10-16)15-7-8-18-19(11-15)21(24)26-13-20(18)22(28)27-12-17-6-1-2-9-25-17;23-17-3-1-2-15(10-17)16-4-5-18-19(11-16)21(24)26-13-20(18)22(28)27-12-14-6-8-25-9-7-14/h2-12H,1H3,(H2,24,26)(H,27,28);3*1-11,13H,12H2,(H2,24,26)(H,27,28). The summed E-state index contributed by atoms with van der Waals surface area (Å²) in [6.45, 7) is 2.88. The predicted molar refractivity (Wildman–Crippen MR) is 429 cm³/mol. The Bertz CT molecular complexity index is 5750. The molecular formula is C88H68F4N16O4. The van der Waals surface area contributed by atoms with Crippen LogP contribution in [0.15, 0.2) is 286 Å². The van der Waals surface area contributed by atoms with Crippen LogP contribution in [0.3, 0.4) is 0 Å². The van der Waals surface area contributed by atoms with Crippen molar-refractivity contribution in [2.24, 2.45) is 0 Å². The molecule has 8 aromatic carbocycles. The Balaban J connectivity index is 0.000000131. The number of carbonyl (C=O) groups excluding carboxylic acids is 4. The van der Waals surface area contributed by atoms with Crippen molar-refractivity contribution in [3.63, 3.8) is 0 Å². The number of nitrogen functional groups attached to an aromatic ring is 4. The van der Waals surface area contributed by atoms with Gasteiger partial charge in [-0.15, -0.1) is 0 Å². The third-order valence-electron chi connectivity index (χ3n) is 18.1. The number of halogens is 4. The normalized spacial score (nSPS) is 10.8. The van der Waals surface area contributed by atoms with Gasteiger partial charge in [0.05, 0.1) is 45.9 Å². The molecule has 0 saturated carbocycles. The quantitative estimate of drug-likeness (QED) is 0.0442. The first-order valence-electron chi connectivity index (χ1n) is 34.9. The number of fused-ring (bicyclic) bond motifs is 4. The maximum atomic E-state index is 13.6. The van der Waals surface area contributed by atoms with Crippen LogP contribution in [0.25, 0.3) is 87.6 Å². The Morgan fingerprint density at radius 1 is 0.304 bits per heavy atom. The van der Waals surface area contributed by atoms with Crippen LogP contribution in [0.1, 0.15) is 63.9 Å². The fourth-order valence-electron chi connectivity index (χ4n) is 12.3. The van der Waals surface area contributed by atoms with Crippen molar-refractivity contribution in [2.75, 3.05) is 28.3 Å². The first-order chi connectivity index (χ1) is 54.4. The summed E-state index contributed by atoms with van der Waals surface area (Å²) in [7, 11) is 0. The number of amides is 4. The van der Waals surface area contributed by atoms with E-state index in [-0.39, 0.29) is 46.9 Å². The highest BCUT2D eigenvalue weighted by Crippen LogP contribution is 2.35. The molecule has 8 heterocycles. The fraction of sp³-hybridized carbons (Fsp3) is 0.0455. The van der Waals surface area contributed by atoms with Crippen molar-refractivity contribution in [3.05, 3.63) is 354 Å². The van der Waals surface area contributed by atoms with E-state index in [4.69, 9.17) is 22.9 Å². The van der Waals surface area contributed by atoms with Crippen LogP contribution in [0.5, 0.6) is 0 Å². The summed E-state index contributed by atoms with van der Waals surface area (Å²) in [4.78, 5) is 83.9. The van der Waals surface area contributed by atoms with E-state index < -0.39 is 0 Å². The highest BCUT2D eigenvalue weighted by Gasteiger charge is 2.20. The average Bonchev–Trinajstić information content (AvgIpc) is 0.799. The van der Waals surface area contributed by atoms with E-state index in [9.17, 15) is 36.7 Å². The van der Waals surface area contributed by atoms with Crippen LogP contribution >= 0.6 is 0 Å². The molecule has 112 heavy (non-hydrogen) atoms. The minimum atomic E-state index is -0.316. The van der Waals surface area contributed by atoms with Gasteiger partial charge in [0.1, 0.15) is 46.5 Å². The molecule has 12 N–H and O–H groups in total. The van der Waals surface area contributed by atoms with Crippen molar-refractivity contribution in [1.82, 2.24) is 55.8 Å². The monoisotopic (exact) mass is 1490 g/mol. The summed E-state index contributed by atoms with van der Waals surface area (Å²) in [5.74, 6) is -1.05. The van der Waals surface area contributed by atoms with Crippen LogP contribution in [0.2, 0.25) is 0 Å². The van der Waals surface area contributed by atoms with Gasteiger partial charge in [0.25, 0.3) is 23.6 Å². The molecule has 8 aromatic heterocycles. The summed E-state index contributed by atoms with van der Waals surface area (Å²) in [6.07, 6.45) is 15.9. The van der Waals surface area contributed by atoms with Crippen molar-refractivity contribution in [2.45, 2.75) is 26.6 Å². The van der Waals surface area contributed by atoms with Gasteiger partial charge in [-0.2, -0.15) is 0 Å². The zero-order valence-electron chi connectivity index (χ0n) is 59.8. The molecule has 0 unspecified atom stereocenters. The van der Waals surface area contributed by atoms with Gasteiger partial charge >= 0.3 is 0 Å². The Labute approximate surface area is 638 Å². The Kier molecular flexibility index (Phi) is 23.2. The molecule has 0 spiro atoms. The lowest BCUT2D eigenvalue weighted by Crippen LogP contribution is -2.23. The SMILES string of the molecule is Cc1ncccc1NC(=O)c1cnc(N)c2cc(-c3cccc(F)c3)ccc12.Nc1ncc(C(=O)NCc2ccccn2)c2ccc(-c3cccc(F)c3)cc12.Nc1ncc(C(=O)NCc2cccnc2)c2ccc(-c3cccc(F)c3)cc12.Nc1ncc(C(=O)NCc2ccncc2)c2ccc(-c3cccc(F)c3)cc12. The maximum Gasteiger partial charge on any atom is 0.257 e. The van der Waals surface area contributed by atoms with Crippen LogP contribution in [-0.4, -0.2) is 63.5 Å². The molecule has 4 amide bonds. The van der Waals surface area contributed by atoms with E-state index in [1.807, 2.05) is 140 Å². The van der Waals surface area contributed by atoms with E-state index in [2.05, 4.69) is 61.1 Å². The van der Waals surface area contributed by atoms with Crippen molar-refractivity contribution in [1.29, 1.82) is 0 Å². The summed E-state index contributed by atoms with van der Waals surface area (Å²) in [5.41, 5.74) is 35.9. The number of carbonyl (C=O) groups is 4. The number of anilines is 5. The second kappa shape index (κ2) is 34.6. The van der Waals surface area contributed by atoms with Crippen molar-refractivity contribution < 1.29 is 36.7 Å². The number of rotatable bonds is 15. The molecule has 0 radical (unpaired) electrons. The first-order valence-corrected chi connectivity index (χ1v) is 34.9. The Hall–Kier alpha value is -15.2. The highest BCUT2D eigenvalue weighted by atomic mass is 19.1. The van der Waals surface area contributed by atoms with Gasteiger partial charge in [0.15, 0.2) is 0 Å². The van der Waals surface area contributed by atoms with Gasteiger partial charge in [0.2, 0.25) is 0 Å². The lowest BCUT2D eigenvalue weighted by Gasteiger charge is -2.12. The first kappa shape index (κ1) is 75.0. The summed E-state index contributed by atoms with van der Waals surface area (Å²) in [5, 5.41) is 16.8. The van der Waals surface area contributed by atoms with Gasteiger partial charge in [-0.25, -0.2) is 37.5 Å². The topological polar surface area (TPSA) is 324 Å². The van der Waals surface area contributed by atoms with Crippen molar-refractivity contribution in [3.8, 4) is 44.5 Å². The third-order valence-corrected chi connectivity index (χ3v) is 18.1. The van der Waals surface area contributed by atoms with Gasteiger partial charge in [-0.05, 0) is 199 Å². The highest BCUT2D eigenvalue weighted by molar-refractivity contribution is 6.15. The van der Waals surface area contributed by atoms with Gasteiger partial charge in [-0.1, -0.05) is 109 Å². The zero-order valence-corrected chi connectivity index (χ0v) is 59.8. The molecular weight excluding hydrogens is 1420 g/mol. The maximum absolute atomic E-state index is 13.6. The number of aromatic nitrogens is 8. The number of nitrogens with one attached hydrogen (secondary N) is 4. The molecule has 552 valence electrons. The number of pyridine rings is 8. The van der Waals surface area contributed by atoms with Gasteiger partial charge in [0, 0.05) is 96.6 Å². The zero-order chi connectivity index (χ0) is 78.2. The number of hydrogen-bond acceptors (Lipinski definition) is 16. The third kappa shape index (κ3) is 18.1. The lowest BCUT2D eigenvalue weighted by atomic mass is 9.99. The number of aryl methyl sites for hydroxylation is 1. The molecule has 0 aliphatic rings. The minimum absolute atomic E-state index is 0.243. The second-order valence-corrected chi connectivity index (χ2v) is 25.5. The number of nitrogens with two attached hydrogens (primary N) is 4. The van der Waals surface area contributed by atoms with E-state index >= 15 is 0 Å². The minimum Gasteiger partial charge on any atom is -0.383 e. The fourth-order valence-corrected chi connectivity index (χ4v) is 12.3. The smallest absolute Gasteiger partial charge is 0.257 e. The van der Waals surface area contributed by atoms with E-state index in [1.165, 1.54) is 73.3 Å². The molecule has 0 saturated heterocycles. The number of nitrogens with zero attached hydrogens (tertiary/aromatic N) is 8. The molecule has 0 aliphatic heterocycles. The molecule has 24 heteroatoms. The second-order valence-electron chi connectivity index (χ2n) is 25.5. The largest absolute Gasteiger partial charge is 0.383 e. The van der Waals surface area contributed by atoms with E-state index in [1.54, 1.807) is 79.6 Å². The molecule has 20 nitrogen and oxygen atoms in total. The molecule has 16 aromatic rings. The van der Waals surface area contributed by atoms with Crippen LogP contribution in [0, 0.1) is 30.2 Å². The number of hydrogen-bond donors (Lipinski definition) is 8. The Morgan fingerprint density at radius 2 is 0.670 bits per heavy atom. The molecule has 0 atom stereocenters. The van der Waals surface area contributed by atoms with E-state index in [0.717, 1.165) is 67.0 Å².